The summed E-state index contributed by atoms with van der Waals surface area (Å²) in [6.45, 7) is 4.80. The van der Waals surface area contributed by atoms with Crippen LogP contribution in [0.3, 0.4) is 0 Å². The first-order valence-corrected chi connectivity index (χ1v) is 7.75. The summed E-state index contributed by atoms with van der Waals surface area (Å²) in [5, 5.41) is 4.55. The van der Waals surface area contributed by atoms with Gasteiger partial charge in [-0.05, 0) is 31.9 Å². The van der Waals surface area contributed by atoms with Crippen LogP contribution in [0.2, 0.25) is 0 Å². The molecule has 0 saturated heterocycles. The highest BCUT2D eigenvalue weighted by Crippen LogP contribution is 2.29. The quantitative estimate of drug-likeness (QED) is 0.770. The SMILES string of the molecule is Cc1csc(C(CN)Cc2c(C)[nH]c3ccccc23)n1. The van der Waals surface area contributed by atoms with Crippen molar-refractivity contribution in [2.75, 3.05) is 6.54 Å². The maximum Gasteiger partial charge on any atom is 0.0975 e. The van der Waals surface area contributed by atoms with Crippen molar-refractivity contribution in [3.05, 3.63) is 51.6 Å². The molecule has 0 fully saturated rings. The molecule has 0 amide bonds. The standard InChI is InChI=1S/C16H19N3S/c1-10-9-20-16(18-10)12(8-17)7-14-11(2)19-15-6-4-3-5-13(14)15/h3-6,9,12,19H,7-8,17H2,1-2H3. The monoisotopic (exact) mass is 285 g/mol. The number of aromatic nitrogens is 2. The number of aromatic amines is 1. The van der Waals surface area contributed by atoms with Gasteiger partial charge in [0.15, 0.2) is 0 Å². The zero-order valence-corrected chi connectivity index (χ0v) is 12.6. The summed E-state index contributed by atoms with van der Waals surface area (Å²) in [5.74, 6) is 0.298. The molecule has 104 valence electrons. The summed E-state index contributed by atoms with van der Waals surface area (Å²) in [6.07, 6.45) is 0.944. The van der Waals surface area contributed by atoms with E-state index in [0.717, 1.165) is 17.1 Å². The fourth-order valence-electron chi connectivity index (χ4n) is 2.68. The molecule has 1 aromatic carbocycles. The number of para-hydroxylation sites is 1. The van der Waals surface area contributed by atoms with E-state index in [9.17, 15) is 0 Å². The minimum Gasteiger partial charge on any atom is -0.358 e. The van der Waals surface area contributed by atoms with Crippen LogP contribution in [0.25, 0.3) is 10.9 Å². The average molecular weight is 285 g/mol. The molecule has 0 bridgehead atoms. The van der Waals surface area contributed by atoms with Crippen LogP contribution in [0, 0.1) is 13.8 Å². The molecule has 3 N–H and O–H groups in total. The number of fused-ring (bicyclic) bond motifs is 1. The second kappa shape index (κ2) is 5.38. The van der Waals surface area contributed by atoms with E-state index in [1.54, 1.807) is 11.3 Å². The predicted molar refractivity (Wildman–Crippen MR) is 85.4 cm³/mol. The van der Waals surface area contributed by atoms with Gasteiger partial charge < -0.3 is 10.7 Å². The number of aryl methyl sites for hydroxylation is 2. The van der Waals surface area contributed by atoms with Crippen LogP contribution in [0.5, 0.6) is 0 Å². The summed E-state index contributed by atoms with van der Waals surface area (Å²) >= 11 is 1.71. The molecule has 20 heavy (non-hydrogen) atoms. The van der Waals surface area contributed by atoms with Gasteiger partial charge in [0.2, 0.25) is 0 Å². The third kappa shape index (κ3) is 2.37. The van der Waals surface area contributed by atoms with Crippen LogP contribution in [0.15, 0.2) is 29.6 Å². The lowest BCUT2D eigenvalue weighted by Gasteiger charge is -2.12. The van der Waals surface area contributed by atoms with E-state index in [-0.39, 0.29) is 0 Å². The zero-order chi connectivity index (χ0) is 14.1. The van der Waals surface area contributed by atoms with Gasteiger partial charge in [0.1, 0.15) is 0 Å². The van der Waals surface area contributed by atoms with E-state index in [1.807, 2.05) is 6.92 Å². The second-order valence-corrected chi connectivity index (χ2v) is 6.13. The number of hydrogen-bond donors (Lipinski definition) is 2. The number of nitrogens with one attached hydrogen (secondary N) is 1. The van der Waals surface area contributed by atoms with E-state index in [0.29, 0.717) is 12.5 Å². The Morgan fingerprint density at radius 1 is 1.30 bits per heavy atom. The van der Waals surface area contributed by atoms with Crippen molar-refractivity contribution in [1.29, 1.82) is 0 Å². The molecular formula is C16H19N3S. The van der Waals surface area contributed by atoms with Crippen LogP contribution >= 0.6 is 11.3 Å². The van der Waals surface area contributed by atoms with Crippen molar-refractivity contribution in [3.8, 4) is 0 Å². The van der Waals surface area contributed by atoms with Crippen molar-refractivity contribution >= 4 is 22.2 Å². The molecule has 0 aliphatic carbocycles. The molecule has 0 aliphatic heterocycles. The Balaban J connectivity index is 1.97. The third-order valence-electron chi connectivity index (χ3n) is 3.75. The van der Waals surface area contributed by atoms with Gasteiger partial charge in [-0.15, -0.1) is 11.3 Å². The Kier molecular flexibility index (Phi) is 3.59. The highest BCUT2D eigenvalue weighted by molar-refractivity contribution is 7.09. The molecule has 2 heterocycles. The first kappa shape index (κ1) is 13.3. The fourth-order valence-corrected chi connectivity index (χ4v) is 3.59. The number of benzene rings is 1. The van der Waals surface area contributed by atoms with Gasteiger partial charge in [0.25, 0.3) is 0 Å². The van der Waals surface area contributed by atoms with Crippen molar-refractivity contribution < 1.29 is 0 Å². The second-order valence-electron chi connectivity index (χ2n) is 5.24. The number of hydrogen-bond acceptors (Lipinski definition) is 3. The molecule has 0 spiro atoms. The Labute approximate surface area is 122 Å². The minimum absolute atomic E-state index is 0.298. The molecule has 1 unspecified atom stereocenters. The number of thiazole rings is 1. The summed E-state index contributed by atoms with van der Waals surface area (Å²) < 4.78 is 0. The van der Waals surface area contributed by atoms with Crippen LogP contribution in [0.4, 0.5) is 0 Å². The van der Waals surface area contributed by atoms with E-state index >= 15 is 0 Å². The number of nitrogens with two attached hydrogens (primary N) is 1. The molecule has 1 atom stereocenters. The van der Waals surface area contributed by atoms with E-state index in [4.69, 9.17) is 5.73 Å². The smallest absolute Gasteiger partial charge is 0.0975 e. The van der Waals surface area contributed by atoms with E-state index in [2.05, 4.69) is 46.5 Å². The molecule has 0 aliphatic rings. The van der Waals surface area contributed by atoms with Gasteiger partial charge in [-0.3, -0.25) is 0 Å². The summed E-state index contributed by atoms with van der Waals surface area (Å²) in [7, 11) is 0. The van der Waals surface area contributed by atoms with Gasteiger partial charge in [-0.2, -0.15) is 0 Å². The molecular weight excluding hydrogens is 266 g/mol. The molecule has 4 heteroatoms. The van der Waals surface area contributed by atoms with Gasteiger partial charge in [-0.25, -0.2) is 4.98 Å². The minimum atomic E-state index is 0.298. The van der Waals surface area contributed by atoms with E-state index < -0.39 is 0 Å². The van der Waals surface area contributed by atoms with Crippen LogP contribution in [-0.4, -0.2) is 16.5 Å². The lowest BCUT2D eigenvalue weighted by Crippen LogP contribution is -2.15. The third-order valence-corrected chi connectivity index (χ3v) is 4.87. The highest BCUT2D eigenvalue weighted by Gasteiger charge is 2.18. The molecule has 0 saturated carbocycles. The first-order chi connectivity index (χ1) is 9.69. The maximum absolute atomic E-state index is 5.98. The molecule has 3 aromatic rings. The van der Waals surface area contributed by atoms with Crippen molar-refractivity contribution in [3.63, 3.8) is 0 Å². The van der Waals surface area contributed by atoms with Crippen molar-refractivity contribution in [2.45, 2.75) is 26.2 Å². The van der Waals surface area contributed by atoms with Crippen molar-refractivity contribution in [1.82, 2.24) is 9.97 Å². The Morgan fingerprint density at radius 2 is 2.10 bits per heavy atom. The predicted octanol–water partition coefficient (Wildman–Crippen LogP) is 3.53. The van der Waals surface area contributed by atoms with Crippen LogP contribution in [0.1, 0.15) is 27.9 Å². The van der Waals surface area contributed by atoms with Gasteiger partial charge >= 0.3 is 0 Å². The molecule has 3 nitrogen and oxygen atoms in total. The maximum atomic E-state index is 5.98. The molecule has 0 radical (unpaired) electrons. The summed E-state index contributed by atoms with van der Waals surface area (Å²) in [5.41, 5.74) is 10.9. The summed E-state index contributed by atoms with van der Waals surface area (Å²) in [6, 6.07) is 8.45. The van der Waals surface area contributed by atoms with Gasteiger partial charge in [-0.1, -0.05) is 18.2 Å². The van der Waals surface area contributed by atoms with Gasteiger partial charge in [0, 0.05) is 40.1 Å². The summed E-state index contributed by atoms with van der Waals surface area (Å²) in [4.78, 5) is 8.06. The molecule has 3 rings (SSSR count). The topological polar surface area (TPSA) is 54.7 Å². The zero-order valence-electron chi connectivity index (χ0n) is 11.8. The highest BCUT2D eigenvalue weighted by atomic mass is 32.1. The van der Waals surface area contributed by atoms with Crippen molar-refractivity contribution in [2.24, 2.45) is 5.73 Å². The van der Waals surface area contributed by atoms with Crippen LogP contribution in [-0.2, 0) is 6.42 Å². The fraction of sp³-hybridized carbons (Fsp3) is 0.312. The van der Waals surface area contributed by atoms with E-state index in [1.165, 1.54) is 22.2 Å². The van der Waals surface area contributed by atoms with Crippen LogP contribution < -0.4 is 5.73 Å². The Bertz CT molecular complexity index is 726. The largest absolute Gasteiger partial charge is 0.358 e. The first-order valence-electron chi connectivity index (χ1n) is 6.87. The Hall–Kier alpha value is -1.65. The lowest BCUT2D eigenvalue weighted by molar-refractivity contribution is 0.687. The normalized spacial score (nSPS) is 12.9. The number of nitrogens with zero attached hydrogens (tertiary/aromatic N) is 1. The lowest BCUT2D eigenvalue weighted by atomic mass is 9.97. The number of H-pyrrole nitrogens is 1. The Morgan fingerprint density at radius 3 is 2.80 bits per heavy atom. The molecule has 2 aromatic heterocycles. The number of rotatable bonds is 4. The van der Waals surface area contributed by atoms with Gasteiger partial charge in [0.05, 0.1) is 5.01 Å². The average Bonchev–Trinajstić information content (AvgIpc) is 3.00.